The van der Waals surface area contributed by atoms with E-state index in [-0.39, 0.29) is 24.3 Å². The average Bonchev–Trinajstić information content (AvgIpc) is 3.22. The fourth-order valence-corrected chi connectivity index (χ4v) is 4.06. The van der Waals surface area contributed by atoms with Gasteiger partial charge in [0.05, 0.1) is 18.7 Å². The number of aromatic nitrogens is 1. The van der Waals surface area contributed by atoms with Crippen molar-refractivity contribution >= 4 is 28.4 Å². The number of hydrogen-bond acceptors (Lipinski definition) is 2. The summed E-state index contributed by atoms with van der Waals surface area (Å²) >= 11 is 0. The topological polar surface area (TPSA) is 69.8 Å². The summed E-state index contributed by atoms with van der Waals surface area (Å²) in [5.41, 5.74) is 5.49. The van der Waals surface area contributed by atoms with Gasteiger partial charge in [0.25, 0.3) is 5.91 Å². The van der Waals surface area contributed by atoms with Crippen molar-refractivity contribution < 1.29 is 14.9 Å². The molecule has 5 nitrogen and oxygen atoms in total. The van der Waals surface area contributed by atoms with Gasteiger partial charge in [0, 0.05) is 23.5 Å². The zero-order valence-corrected chi connectivity index (χ0v) is 17.2. The number of imide groups is 1. The molecular weight excluding hydrogens is 362 g/mol. The van der Waals surface area contributed by atoms with Gasteiger partial charge in [-0.25, -0.2) is 4.90 Å². The van der Waals surface area contributed by atoms with Crippen molar-refractivity contribution in [1.82, 2.24) is 4.98 Å². The van der Waals surface area contributed by atoms with E-state index in [9.17, 15) is 9.59 Å². The molecule has 3 aromatic rings. The predicted molar refractivity (Wildman–Crippen MR) is 115 cm³/mol. The Balaban J connectivity index is 1.40. The number of aryl methyl sites for hydroxylation is 1. The Morgan fingerprint density at radius 2 is 1.90 bits per heavy atom. The molecule has 5 heteroatoms. The summed E-state index contributed by atoms with van der Waals surface area (Å²) in [4.78, 5) is 30.0. The van der Waals surface area contributed by atoms with E-state index in [2.05, 4.69) is 44.0 Å². The van der Waals surface area contributed by atoms with Gasteiger partial charge in [0.1, 0.15) is 0 Å². The fourth-order valence-electron chi connectivity index (χ4n) is 4.06. The van der Waals surface area contributed by atoms with Crippen molar-refractivity contribution in [2.75, 3.05) is 11.4 Å². The first-order valence-electron chi connectivity index (χ1n) is 10.3. The van der Waals surface area contributed by atoms with Gasteiger partial charge in [-0.3, -0.25) is 9.59 Å². The molecule has 0 unspecified atom stereocenters. The molecule has 0 aliphatic carbocycles. The number of fused-ring (bicyclic) bond motifs is 1. The number of amides is 2. The van der Waals surface area contributed by atoms with Crippen LogP contribution in [0.2, 0.25) is 0 Å². The number of anilines is 1. The molecule has 1 fully saturated rings. The Hall–Kier alpha value is -2.92. The summed E-state index contributed by atoms with van der Waals surface area (Å²) in [5.74, 6) is 0.196. The van der Waals surface area contributed by atoms with Crippen LogP contribution in [0, 0.1) is 6.92 Å². The summed E-state index contributed by atoms with van der Waals surface area (Å²) < 4.78 is 0. The highest BCUT2D eigenvalue weighted by molar-refractivity contribution is 6.21. The number of quaternary nitrogens is 1. The summed E-state index contributed by atoms with van der Waals surface area (Å²) in [6, 6.07) is 13.8. The number of hydrogen-bond donors (Lipinski definition) is 2. The number of nitrogens with one attached hydrogen (secondary N) is 1. The van der Waals surface area contributed by atoms with E-state index in [1.54, 1.807) is 0 Å². The summed E-state index contributed by atoms with van der Waals surface area (Å²) in [6.07, 6.45) is 3.16. The Morgan fingerprint density at radius 3 is 2.62 bits per heavy atom. The van der Waals surface area contributed by atoms with Crippen molar-refractivity contribution in [3.63, 3.8) is 0 Å². The third-order valence-corrected chi connectivity index (χ3v) is 5.79. The van der Waals surface area contributed by atoms with Gasteiger partial charge in [-0.1, -0.05) is 37.6 Å². The van der Waals surface area contributed by atoms with E-state index in [1.807, 2.05) is 35.8 Å². The van der Waals surface area contributed by atoms with Crippen LogP contribution in [-0.2, 0) is 16.0 Å². The molecule has 2 aromatic carbocycles. The smallest absolute Gasteiger partial charge is 0.292 e. The predicted octanol–water partition coefficient (Wildman–Crippen LogP) is 3.04. The number of H-pyrrole nitrogens is 1. The number of benzene rings is 2. The summed E-state index contributed by atoms with van der Waals surface area (Å²) in [5, 5.41) is 3.25. The Bertz CT molecular complexity index is 1050. The number of rotatable bonds is 6. The van der Waals surface area contributed by atoms with Crippen LogP contribution < -0.4 is 10.2 Å². The van der Waals surface area contributed by atoms with E-state index in [0.717, 1.165) is 18.5 Å². The zero-order chi connectivity index (χ0) is 20.5. The molecule has 150 valence electrons. The Labute approximate surface area is 171 Å². The lowest BCUT2D eigenvalue weighted by Crippen LogP contribution is -2.92. The highest BCUT2D eigenvalue weighted by Gasteiger charge is 2.42. The minimum atomic E-state index is -0.334. The van der Waals surface area contributed by atoms with E-state index in [1.165, 1.54) is 27.0 Å². The maximum Gasteiger partial charge on any atom is 0.292 e. The van der Waals surface area contributed by atoms with Crippen LogP contribution >= 0.6 is 0 Å². The second-order valence-corrected chi connectivity index (χ2v) is 8.26. The largest absolute Gasteiger partial charge is 0.361 e. The molecule has 0 spiro atoms. The van der Waals surface area contributed by atoms with Gasteiger partial charge in [-0.05, 0) is 48.2 Å². The molecule has 1 aliphatic rings. The highest BCUT2D eigenvalue weighted by Crippen LogP contribution is 2.24. The van der Waals surface area contributed by atoms with Crippen LogP contribution in [0.3, 0.4) is 0 Å². The number of carbonyl (C=O) groups excluding carboxylic acids is 2. The molecule has 1 aromatic heterocycles. The molecule has 1 aliphatic heterocycles. The minimum absolute atomic E-state index is 0.109. The summed E-state index contributed by atoms with van der Waals surface area (Å²) in [6.45, 7) is 7.11. The second-order valence-electron chi connectivity index (χ2n) is 8.26. The lowest BCUT2D eigenvalue weighted by Gasteiger charge is -2.15. The highest BCUT2D eigenvalue weighted by atomic mass is 16.2. The van der Waals surface area contributed by atoms with Crippen LogP contribution in [-0.4, -0.2) is 29.4 Å². The average molecular weight is 391 g/mol. The Morgan fingerprint density at radius 1 is 1.14 bits per heavy atom. The molecule has 0 saturated carbocycles. The van der Waals surface area contributed by atoms with Gasteiger partial charge in [-0.15, -0.1) is 0 Å². The Kier molecular flexibility index (Phi) is 5.24. The van der Waals surface area contributed by atoms with Gasteiger partial charge in [-0.2, -0.15) is 0 Å². The van der Waals surface area contributed by atoms with Gasteiger partial charge in [0.15, 0.2) is 6.04 Å². The molecule has 0 radical (unpaired) electrons. The number of aromatic amines is 1. The van der Waals surface area contributed by atoms with Crippen LogP contribution in [0.25, 0.3) is 10.9 Å². The number of carbonyl (C=O) groups is 2. The first-order valence-corrected chi connectivity index (χ1v) is 10.3. The zero-order valence-electron chi connectivity index (χ0n) is 17.2. The molecule has 1 saturated heterocycles. The molecule has 0 bridgehead atoms. The lowest BCUT2D eigenvalue weighted by molar-refractivity contribution is -0.674. The molecule has 2 heterocycles. The SMILES string of the molecule is Cc1ccc2[nH]cc(CC[NH2+][C@@H]3CC(=O)N(c4ccc(C(C)C)cc4)C3=O)c2c1. The van der Waals surface area contributed by atoms with Crippen LogP contribution in [0.15, 0.2) is 48.7 Å². The second kappa shape index (κ2) is 7.84. The quantitative estimate of drug-likeness (QED) is 0.635. The fraction of sp³-hybridized carbons (Fsp3) is 0.333. The standard InChI is InChI=1S/C24H27N3O2/c1-15(2)17-5-7-19(8-6-17)27-23(28)13-22(24(27)29)25-11-10-18-14-26-21-9-4-16(3)12-20(18)21/h4-9,12,14-15,22,25-26H,10-11,13H2,1-3H3/p+1/t22-/m1/s1. The number of nitrogens with zero attached hydrogens (tertiary/aromatic N) is 1. The van der Waals surface area contributed by atoms with E-state index in [4.69, 9.17) is 0 Å². The molecular formula is C24H28N3O2+. The van der Waals surface area contributed by atoms with Crippen LogP contribution in [0.5, 0.6) is 0 Å². The number of nitrogens with two attached hydrogens (primary N) is 1. The molecule has 3 N–H and O–H groups in total. The van der Waals surface area contributed by atoms with Crippen molar-refractivity contribution in [2.45, 2.75) is 45.6 Å². The molecule has 2 amide bonds. The molecule has 4 rings (SSSR count). The minimum Gasteiger partial charge on any atom is -0.361 e. The molecule has 1 atom stereocenters. The van der Waals surface area contributed by atoms with Crippen molar-refractivity contribution in [3.05, 3.63) is 65.4 Å². The maximum atomic E-state index is 12.9. The molecule has 29 heavy (non-hydrogen) atoms. The monoisotopic (exact) mass is 390 g/mol. The third kappa shape index (κ3) is 3.83. The van der Waals surface area contributed by atoms with Crippen LogP contribution in [0.1, 0.15) is 42.9 Å². The van der Waals surface area contributed by atoms with Gasteiger partial charge < -0.3 is 10.3 Å². The van der Waals surface area contributed by atoms with Crippen LogP contribution in [0.4, 0.5) is 5.69 Å². The van der Waals surface area contributed by atoms with Crippen molar-refractivity contribution in [3.8, 4) is 0 Å². The summed E-state index contributed by atoms with van der Waals surface area (Å²) in [7, 11) is 0. The first kappa shape index (κ1) is 19.4. The van der Waals surface area contributed by atoms with E-state index >= 15 is 0 Å². The van der Waals surface area contributed by atoms with E-state index < -0.39 is 0 Å². The van der Waals surface area contributed by atoms with Gasteiger partial charge >= 0.3 is 0 Å². The van der Waals surface area contributed by atoms with Crippen molar-refractivity contribution in [2.24, 2.45) is 0 Å². The first-order chi connectivity index (χ1) is 13.9. The maximum absolute atomic E-state index is 12.9. The van der Waals surface area contributed by atoms with Crippen molar-refractivity contribution in [1.29, 1.82) is 0 Å². The van der Waals surface area contributed by atoms with E-state index in [0.29, 0.717) is 11.6 Å². The van der Waals surface area contributed by atoms with Gasteiger partial charge in [0.2, 0.25) is 5.91 Å². The third-order valence-electron chi connectivity index (χ3n) is 5.79. The normalized spacial score (nSPS) is 17.1. The lowest BCUT2D eigenvalue weighted by atomic mass is 10.0.